The first kappa shape index (κ1) is 13.5. The smallest absolute Gasteiger partial charge is 0.221 e. The van der Waals surface area contributed by atoms with Crippen molar-refractivity contribution in [1.82, 2.24) is 5.32 Å². The van der Waals surface area contributed by atoms with Crippen LogP contribution in [0.2, 0.25) is 0 Å². The number of amides is 1. The summed E-state index contributed by atoms with van der Waals surface area (Å²) < 4.78 is 0. The van der Waals surface area contributed by atoms with Gasteiger partial charge < -0.3 is 11.1 Å². The second-order valence-electron chi connectivity index (χ2n) is 4.12. The van der Waals surface area contributed by atoms with Crippen molar-refractivity contribution >= 4 is 5.91 Å². The van der Waals surface area contributed by atoms with Gasteiger partial charge in [-0.2, -0.15) is 0 Å². The van der Waals surface area contributed by atoms with Gasteiger partial charge in [-0.3, -0.25) is 4.79 Å². The topological polar surface area (TPSA) is 55.1 Å². The Morgan fingerprint density at radius 2 is 2.06 bits per heavy atom. The van der Waals surface area contributed by atoms with E-state index in [4.69, 9.17) is 5.73 Å². The van der Waals surface area contributed by atoms with Gasteiger partial charge in [0, 0.05) is 13.0 Å². The third-order valence-corrected chi connectivity index (χ3v) is 2.55. The van der Waals surface area contributed by atoms with E-state index in [1.54, 1.807) is 0 Å². The van der Waals surface area contributed by atoms with E-state index >= 15 is 0 Å². The van der Waals surface area contributed by atoms with Crippen molar-refractivity contribution in [3.8, 4) is 0 Å². The lowest BCUT2D eigenvalue weighted by Gasteiger charge is -2.15. The van der Waals surface area contributed by atoms with Crippen LogP contribution in [-0.2, 0) is 4.79 Å². The second kappa shape index (κ2) is 6.86. The van der Waals surface area contributed by atoms with Crippen LogP contribution in [0.15, 0.2) is 47.6 Å². The predicted molar refractivity (Wildman–Crippen MR) is 71.4 cm³/mol. The highest BCUT2D eigenvalue weighted by Gasteiger charge is 2.09. The predicted octanol–water partition coefficient (Wildman–Crippen LogP) is 1.84. The van der Waals surface area contributed by atoms with Crippen LogP contribution >= 0.6 is 0 Å². The van der Waals surface area contributed by atoms with Crippen molar-refractivity contribution in [3.63, 3.8) is 0 Å². The lowest BCUT2D eigenvalue weighted by molar-refractivity contribution is -0.121. The highest BCUT2D eigenvalue weighted by molar-refractivity contribution is 5.76. The van der Waals surface area contributed by atoms with Gasteiger partial charge in [0.25, 0.3) is 0 Å². The molecule has 0 bridgehead atoms. The summed E-state index contributed by atoms with van der Waals surface area (Å²) in [6, 6.07) is 0.000787. The van der Waals surface area contributed by atoms with E-state index in [0.717, 1.165) is 5.57 Å². The van der Waals surface area contributed by atoms with Crippen LogP contribution in [0.25, 0.3) is 0 Å². The Morgan fingerprint density at radius 1 is 1.35 bits per heavy atom. The molecule has 3 nitrogen and oxygen atoms in total. The molecule has 92 valence electrons. The number of hydrogen-bond acceptors (Lipinski definition) is 2. The zero-order valence-electron chi connectivity index (χ0n) is 10.4. The third kappa shape index (κ3) is 4.83. The summed E-state index contributed by atoms with van der Waals surface area (Å²) in [5, 5.41) is 2.92. The molecule has 0 spiro atoms. The van der Waals surface area contributed by atoms with E-state index in [1.807, 2.05) is 50.3 Å². The number of carbonyl (C=O) groups is 1. The fourth-order valence-corrected chi connectivity index (χ4v) is 1.53. The quantitative estimate of drug-likeness (QED) is 0.777. The van der Waals surface area contributed by atoms with Crippen molar-refractivity contribution < 1.29 is 4.79 Å². The number of carbonyl (C=O) groups excluding carboxylic acids is 1. The molecule has 0 aliphatic heterocycles. The Bertz CT molecular complexity index is 389. The van der Waals surface area contributed by atoms with E-state index in [-0.39, 0.29) is 11.9 Å². The molecule has 1 aliphatic carbocycles. The van der Waals surface area contributed by atoms with E-state index in [1.165, 1.54) is 5.57 Å². The summed E-state index contributed by atoms with van der Waals surface area (Å²) >= 11 is 0. The lowest BCUT2D eigenvalue weighted by Crippen LogP contribution is -2.34. The van der Waals surface area contributed by atoms with Gasteiger partial charge in [-0.15, -0.1) is 0 Å². The summed E-state index contributed by atoms with van der Waals surface area (Å²) in [5.41, 5.74) is 7.61. The van der Waals surface area contributed by atoms with Gasteiger partial charge in [0.05, 0.1) is 6.04 Å². The normalized spacial score (nSPS) is 21.6. The molecule has 0 radical (unpaired) electrons. The molecule has 1 atom stereocenters. The van der Waals surface area contributed by atoms with Gasteiger partial charge in [0.15, 0.2) is 0 Å². The number of nitrogens with two attached hydrogens (primary N) is 1. The SMILES string of the molecule is CC1=C/C=C(C(C)NC(=O)CCN)\C=C\C=C1. The van der Waals surface area contributed by atoms with E-state index < -0.39 is 0 Å². The lowest BCUT2D eigenvalue weighted by atomic mass is 10.0. The van der Waals surface area contributed by atoms with Gasteiger partial charge in [0.2, 0.25) is 5.91 Å². The second-order valence-corrected chi connectivity index (χ2v) is 4.12. The minimum atomic E-state index is -0.00685. The van der Waals surface area contributed by atoms with Gasteiger partial charge in [-0.1, -0.05) is 42.0 Å². The average molecular weight is 232 g/mol. The largest absolute Gasteiger partial charge is 0.350 e. The van der Waals surface area contributed by atoms with Crippen LogP contribution in [-0.4, -0.2) is 18.5 Å². The summed E-state index contributed by atoms with van der Waals surface area (Å²) in [4.78, 5) is 11.4. The minimum absolute atomic E-state index is 0.000787. The summed E-state index contributed by atoms with van der Waals surface area (Å²) in [5.74, 6) is -0.00685. The molecule has 0 aromatic rings. The molecule has 1 aliphatic rings. The maximum atomic E-state index is 11.4. The maximum Gasteiger partial charge on any atom is 0.221 e. The van der Waals surface area contributed by atoms with Crippen LogP contribution in [0, 0.1) is 0 Å². The van der Waals surface area contributed by atoms with Crippen molar-refractivity contribution in [1.29, 1.82) is 0 Å². The summed E-state index contributed by atoms with van der Waals surface area (Å²) in [6.45, 7) is 4.40. The van der Waals surface area contributed by atoms with Gasteiger partial charge in [-0.25, -0.2) is 0 Å². The molecule has 3 N–H and O–H groups in total. The van der Waals surface area contributed by atoms with Crippen molar-refractivity contribution in [2.75, 3.05) is 6.54 Å². The Labute approximate surface area is 103 Å². The molecule has 0 fully saturated rings. The number of nitrogens with one attached hydrogen (secondary N) is 1. The fraction of sp³-hybridized carbons (Fsp3) is 0.357. The molecule has 0 saturated heterocycles. The molecule has 3 heteroatoms. The first-order valence-electron chi connectivity index (χ1n) is 5.86. The Balaban J connectivity index is 2.68. The van der Waals surface area contributed by atoms with Crippen molar-refractivity contribution in [2.24, 2.45) is 5.73 Å². The molecule has 1 rings (SSSR count). The Hall–Kier alpha value is -1.61. The molecular formula is C14H20N2O. The Morgan fingerprint density at radius 3 is 2.76 bits per heavy atom. The molecule has 0 saturated carbocycles. The number of allylic oxidation sites excluding steroid dienone is 6. The van der Waals surface area contributed by atoms with E-state index in [2.05, 4.69) is 5.32 Å². The van der Waals surface area contributed by atoms with Gasteiger partial charge in [0.1, 0.15) is 0 Å². The molecule has 0 aromatic carbocycles. The summed E-state index contributed by atoms with van der Waals surface area (Å²) in [6.07, 6.45) is 12.5. The molecule has 0 heterocycles. The minimum Gasteiger partial charge on any atom is -0.350 e. The number of hydrogen-bond donors (Lipinski definition) is 2. The van der Waals surface area contributed by atoms with Crippen LogP contribution in [0.1, 0.15) is 20.3 Å². The zero-order chi connectivity index (χ0) is 12.7. The maximum absolute atomic E-state index is 11.4. The third-order valence-electron chi connectivity index (χ3n) is 2.55. The van der Waals surface area contributed by atoms with Crippen molar-refractivity contribution in [3.05, 3.63) is 47.6 Å². The number of rotatable bonds is 4. The fourth-order valence-electron chi connectivity index (χ4n) is 1.53. The van der Waals surface area contributed by atoms with Gasteiger partial charge >= 0.3 is 0 Å². The van der Waals surface area contributed by atoms with Gasteiger partial charge in [-0.05, 0) is 19.4 Å². The summed E-state index contributed by atoms with van der Waals surface area (Å²) in [7, 11) is 0. The molecule has 1 amide bonds. The molecular weight excluding hydrogens is 212 g/mol. The van der Waals surface area contributed by atoms with E-state index in [0.29, 0.717) is 13.0 Å². The first-order chi connectivity index (χ1) is 8.13. The van der Waals surface area contributed by atoms with Crippen molar-refractivity contribution in [2.45, 2.75) is 26.3 Å². The van der Waals surface area contributed by atoms with Crippen LogP contribution in [0.5, 0.6) is 0 Å². The molecule has 1 unspecified atom stereocenters. The first-order valence-corrected chi connectivity index (χ1v) is 5.86. The Kier molecular flexibility index (Phi) is 5.43. The molecule has 0 aromatic heterocycles. The monoisotopic (exact) mass is 232 g/mol. The molecule has 17 heavy (non-hydrogen) atoms. The van der Waals surface area contributed by atoms with Crippen LogP contribution in [0.3, 0.4) is 0 Å². The van der Waals surface area contributed by atoms with E-state index in [9.17, 15) is 4.79 Å². The van der Waals surface area contributed by atoms with Crippen LogP contribution < -0.4 is 11.1 Å². The van der Waals surface area contributed by atoms with Crippen LogP contribution in [0.4, 0.5) is 0 Å². The highest BCUT2D eigenvalue weighted by atomic mass is 16.1. The zero-order valence-corrected chi connectivity index (χ0v) is 10.4. The highest BCUT2D eigenvalue weighted by Crippen LogP contribution is 2.09. The standard InChI is InChI=1S/C14H20N2O/c1-11-5-3-4-6-13(8-7-11)12(2)16-14(17)9-10-15/h3-8,12H,9-10,15H2,1-2H3,(H,16,17)/b4-3?,5-3?,6-4+,8-7?,11-5?,11-7?,13-6?,13-8+. The average Bonchev–Trinajstić information content (AvgIpc) is 2.24.